The number of carbonyl (C=O) groups excluding carboxylic acids is 1. The molecule has 0 radical (unpaired) electrons. The first-order valence-electron chi connectivity index (χ1n) is 7.08. The molecule has 5 nitrogen and oxygen atoms in total. The van der Waals surface area contributed by atoms with Gasteiger partial charge in [-0.15, -0.1) is 0 Å². The Morgan fingerprint density at radius 3 is 2.68 bits per heavy atom. The fourth-order valence-corrected chi connectivity index (χ4v) is 2.52. The predicted molar refractivity (Wildman–Crippen MR) is 83.7 cm³/mol. The highest BCUT2D eigenvalue weighted by molar-refractivity contribution is 6.06. The summed E-state index contributed by atoms with van der Waals surface area (Å²) in [5.74, 6) is 1.17. The summed E-state index contributed by atoms with van der Waals surface area (Å²) in [5.41, 5.74) is 2.14. The van der Waals surface area contributed by atoms with E-state index >= 15 is 0 Å². The van der Waals surface area contributed by atoms with Crippen LogP contribution in [0.2, 0.25) is 0 Å². The molecule has 0 saturated heterocycles. The van der Waals surface area contributed by atoms with Gasteiger partial charge in [0.2, 0.25) is 0 Å². The van der Waals surface area contributed by atoms with Crippen LogP contribution in [0, 0.1) is 0 Å². The van der Waals surface area contributed by atoms with Gasteiger partial charge in [-0.1, -0.05) is 18.2 Å². The largest absolute Gasteiger partial charge is 0.486 e. The molecule has 22 heavy (non-hydrogen) atoms. The number of para-hydroxylation sites is 1. The van der Waals surface area contributed by atoms with Gasteiger partial charge in [0.1, 0.15) is 18.9 Å². The third-order valence-electron chi connectivity index (χ3n) is 3.57. The van der Waals surface area contributed by atoms with Gasteiger partial charge in [-0.25, -0.2) is 0 Å². The first-order chi connectivity index (χ1) is 10.8. The Bertz CT molecular complexity index is 821. The lowest BCUT2D eigenvalue weighted by Gasteiger charge is -2.18. The van der Waals surface area contributed by atoms with Crippen molar-refractivity contribution >= 4 is 22.5 Å². The highest BCUT2D eigenvalue weighted by atomic mass is 16.6. The number of aromatic amines is 1. The second-order valence-corrected chi connectivity index (χ2v) is 5.08. The molecule has 0 unspecified atom stereocenters. The van der Waals surface area contributed by atoms with Crippen molar-refractivity contribution < 1.29 is 14.3 Å². The fourth-order valence-electron chi connectivity index (χ4n) is 2.52. The molecular formula is C17H14N2O3. The van der Waals surface area contributed by atoms with Crippen molar-refractivity contribution in [2.75, 3.05) is 18.5 Å². The molecule has 1 amide bonds. The van der Waals surface area contributed by atoms with Crippen LogP contribution in [0.4, 0.5) is 5.69 Å². The highest BCUT2D eigenvalue weighted by Crippen LogP contribution is 2.32. The number of H-pyrrole nitrogens is 1. The number of anilines is 1. The van der Waals surface area contributed by atoms with Gasteiger partial charge in [0.05, 0.1) is 0 Å². The molecule has 0 aliphatic carbocycles. The molecule has 1 aliphatic heterocycles. The molecule has 1 aromatic heterocycles. The quantitative estimate of drug-likeness (QED) is 0.763. The van der Waals surface area contributed by atoms with Crippen LogP contribution in [0.3, 0.4) is 0 Å². The molecule has 1 aliphatic rings. The molecule has 0 saturated carbocycles. The van der Waals surface area contributed by atoms with Crippen molar-refractivity contribution in [1.29, 1.82) is 0 Å². The van der Waals surface area contributed by atoms with Crippen molar-refractivity contribution in [2.24, 2.45) is 0 Å². The van der Waals surface area contributed by atoms with E-state index in [4.69, 9.17) is 9.47 Å². The van der Waals surface area contributed by atoms with E-state index in [2.05, 4.69) is 10.3 Å². The first kappa shape index (κ1) is 12.8. The van der Waals surface area contributed by atoms with Gasteiger partial charge >= 0.3 is 0 Å². The Morgan fingerprint density at radius 1 is 1.00 bits per heavy atom. The topological polar surface area (TPSA) is 63.4 Å². The number of ether oxygens (including phenoxy) is 2. The zero-order chi connectivity index (χ0) is 14.9. The average Bonchev–Trinajstić information content (AvgIpc) is 2.99. The molecule has 2 aromatic carbocycles. The van der Waals surface area contributed by atoms with Crippen molar-refractivity contribution in [3.63, 3.8) is 0 Å². The van der Waals surface area contributed by atoms with E-state index in [0.717, 1.165) is 10.9 Å². The maximum absolute atomic E-state index is 12.3. The van der Waals surface area contributed by atoms with Crippen molar-refractivity contribution in [3.8, 4) is 11.5 Å². The number of benzene rings is 2. The lowest BCUT2D eigenvalue weighted by atomic mass is 10.2. The third kappa shape index (κ3) is 2.26. The number of aromatic nitrogens is 1. The minimum Gasteiger partial charge on any atom is -0.486 e. The first-order valence-corrected chi connectivity index (χ1v) is 7.08. The summed E-state index contributed by atoms with van der Waals surface area (Å²) in [5, 5.41) is 3.87. The highest BCUT2D eigenvalue weighted by Gasteiger charge is 2.14. The van der Waals surface area contributed by atoms with E-state index in [-0.39, 0.29) is 5.91 Å². The molecule has 0 spiro atoms. The Labute approximate surface area is 126 Å². The average molecular weight is 294 g/mol. The molecule has 5 heteroatoms. The maximum atomic E-state index is 12.3. The normalized spacial score (nSPS) is 13.1. The number of fused-ring (bicyclic) bond motifs is 2. The fraction of sp³-hybridized carbons (Fsp3) is 0.118. The van der Waals surface area contributed by atoms with Crippen LogP contribution >= 0.6 is 0 Å². The Morgan fingerprint density at radius 2 is 1.82 bits per heavy atom. The minimum atomic E-state index is -0.187. The molecular weight excluding hydrogens is 280 g/mol. The summed E-state index contributed by atoms with van der Waals surface area (Å²) in [6.07, 6.45) is 0. The molecule has 2 heterocycles. The van der Waals surface area contributed by atoms with Gasteiger partial charge < -0.3 is 19.8 Å². The van der Waals surface area contributed by atoms with Gasteiger partial charge in [-0.05, 0) is 24.3 Å². The summed E-state index contributed by atoms with van der Waals surface area (Å²) < 4.78 is 11.0. The third-order valence-corrected chi connectivity index (χ3v) is 3.57. The lowest BCUT2D eigenvalue weighted by Crippen LogP contribution is -2.16. The van der Waals surface area contributed by atoms with Gasteiger partial charge in [0.25, 0.3) is 5.91 Å². The summed E-state index contributed by atoms with van der Waals surface area (Å²) in [6, 6.07) is 15.0. The Balaban J connectivity index is 1.58. The van der Waals surface area contributed by atoms with Crippen LogP contribution in [0.5, 0.6) is 11.5 Å². The SMILES string of the molecule is O=C(Nc1ccc2c(c1)OCCO2)c1cc2ccccc2[nH]1. The number of rotatable bonds is 2. The molecule has 0 bridgehead atoms. The number of hydrogen-bond donors (Lipinski definition) is 2. The van der Waals surface area contributed by atoms with E-state index < -0.39 is 0 Å². The minimum absolute atomic E-state index is 0.187. The van der Waals surface area contributed by atoms with Gasteiger partial charge in [-0.2, -0.15) is 0 Å². The monoisotopic (exact) mass is 294 g/mol. The van der Waals surface area contributed by atoms with E-state index in [0.29, 0.717) is 36.1 Å². The van der Waals surface area contributed by atoms with E-state index in [1.807, 2.05) is 30.3 Å². The zero-order valence-electron chi connectivity index (χ0n) is 11.8. The summed E-state index contributed by atoms with van der Waals surface area (Å²) in [6.45, 7) is 1.07. The van der Waals surface area contributed by atoms with Crippen LogP contribution in [0.15, 0.2) is 48.5 Å². The van der Waals surface area contributed by atoms with Crippen molar-refractivity contribution in [3.05, 3.63) is 54.2 Å². The number of nitrogens with one attached hydrogen (secondary N) is 2. The van der Waals surface area contributed by atoms with E-state index in [1.54, 1.807) is 18.2 Å². The smallest absolute Gasteiger partial charge is 0.272 e. The van der Waals surface area contributed by atoms with E-state index in [1.165, 1.54) is 0 Å². The summed E-state index contributed by atoms with van der Waals surface area (Å²) >= 11 is 0. The molecule has 0 fully saturated rings. The Hall–Kier alpha value is -2.95. The second-order valence-electron chi connectivity index (χ2n) is 5.08. The zero-order valence-corrected chi connectivity index (χ0v) is 11.8. The van der Waals surface area contributed by atoms with Crippen LogP contribution in [-0.2, 0) is 0 Å². The number of carbonyl (C=O) groups is 1. The summed E-state index contributed by atoms with van der Waals surface area (Å²) in [7, 11) is 0. The number of hydrogen-bond acceptors (Lipinski definition) is 3. The van der Waals surface area contributed by atoms with Gasteiger partial charge in [0.15, 0.2) is 11.5 Å². The maximum Gasteiger partial charge on any atom is 0.272 e. The standard InChI is InChI=1S/C17H14N2O3/c20-17(14-9-11-3-1-2-4-13(11)19-14)18-12-5-6-15-16(10-12)22-8-7-21-15/h1-6,9-10,19H,7-8H2,(H,18,20). The van der Waals surface area contributed by atoms with Crippen LogP contribution in [-0.4, -0.2) is 24.1 Å². The van der Waals surface area contributed by atoms with Gasteiger partial charge in [-0.3, -0.25) is 4.79 Å². The second kappa shape index (κ2) is 5.11. The molecule has 3 aromatic rings. The van der Waals surface area contributed by atoms with Crippen LogP contribution < -0.4 is 14.8 Å². The molecule has 4 rings (SSSR count). The van der Waals surface area contributed by atoms with Crippen molar-refractivity contribution in [1.82, 2.24) is 4.98 Å². The lowest BCUT2D eigenvalue weighted by molar-refractivity contribution is 0.102. The predicted octanol–water partition coefficient (Wildman–Crippen LogP) is 3.19. The van der Waals surface area contributed by atoms with Crippen LogP contribution in [0.1, 0.15) is 10.5 Å². The van der Waals surface area contributed by atoms with Gasteiger partial charge in [0, 0.05) is 22.7 Å². The van der Waals surface area contributed by atoms with E-state index in [9.17, 15) is 4.79 Å². The van der Waals surface area contributed by atoms with Crippen LogP contribution in [0.25, 0.3) is 10.9 Å². The van der Waals surface area contributed by atoms with Crippen molar-refractivity contribution in [2.45, 2.75) is 0 Å². The number of amides is 1. The molecule has 0 atom stereocenters. The molecule has 2 N–H and O–H groups in total. The Kier molecular flexibility index (Phi) is 2.96. The summed E-state index contributed by atoms with van der Waals surface area (Å²) in [4.78, 5) is 15.4. The molecule has 110 valence electrons.